The first kappa shape index (κ1) is 10.2. The van der Waals surface area contributed by atoms with E-state index in [4.69, 9.17) is 5.73 Å². The molecule has 16 heavy (non-hydrogen) atoms. The Morgan fingerprint density at radius 3 is 2.88 bits per heavy atom. The third-order valence-corrected chi connectivity index (χ3v) is 3.51. The summed E-state index contributed by atoms with van der Waals surface area (Å²) in [5, 5.41) is 4.42. The van der Waals surface area contributed by atoms with E-state index in [1.807, 2.05) is 6.20 Å². The SMILES string of the molecule is NC1(c2nc3ncc(Br)cn3n2)CCCC1. The number of hydrogen-bond acceptors (Lipinski definition) is 4. The maximum Gasteiger partial charge on any atom is 0.252 e. The fourth-order valence-corrected chi connectivity index (χ4v) is 2.50. The van der Waals surface area contributed by atoms with E-state index in [-0.39, 0.29) is 5.54 Å². The second kappa shape index (κ2) is 3.49. The minimum absolute atomic E-state index is 0.347. The number of aromatic nitrogens is 4. The van der Waals surface area contributed by atoms with Crippen molar-refractivity contribution in [2.24, 2.45) is 5.73 Å². The number of hydrogen-bond donors (Lipinski definition) is 1. The van der Waals surface area contributed by atoms with Gasteiger partial charge in [0.05, 0.1) is 10.0 Å². The summed E-state index contributed by atoms with van der Waals surface area (Å²) < 4.78 is 2.56. The Bertz CT molecular complexity index is 529. The van der Waals surface area contributed by atoms with E-state index < -0.39 is 0 Å². The van der Waals surface area contributed by atoms with Crippen LogP contribution in [0.2, 0.25) is 0 Å². The van der Waals surface area contributed by atoms with Crippen molar-refractivity contribution in [3.8, 4) is 0 Å². The van der Waals surface area contributed by atoms with Crippen molar-refractivity contribution in [1.29, 1.82) is 0 Å². The number of fused-ring (bicyclic) bond motifs is 1. The number of nitrogens with two attached hydrogens (primary N) is 1. The fourth-order valence-electron chi connectivity index (χ4n) is 2.20. The molecule has 0 aliphatic heterocycles. The van der Waals surface area contributed by atoms with Gasteiger partial charge in [-0.2, -0.15) is 4.98 Å². The van der Waals surface area contributed by atoms with Gasteiger partial charge in [0.2, 0.25) is 0 Å². The first-order valence-corrected chi connectivity index (χ1v) is 6.14. The average Bonchev–Trinajstić information content (AvgIpc) is 2.84. The summed E-state index contributed by atoms with van der Waals surface area (Å²) in [6, 6.07) is 0. The van der Waals surface area contributed by atoms with Gasteiger partial charge in [0.15, 0.2) is 5.82 Å². The normalized spacial score (nSPS) is 19.4. The Balaban J connectivity index is 2.11. The van der Waals surface area contributed by atoms with Crippen LogP contribution in [0.5, 0.6) is 0 Å². The van der Waals surface area contributed by atoms with Crippen molar-refractivity contribution in [1.82, 2.24) is 19.6 Å². The van der Waals surface area contributed by atoms with Gasteiger partial charge in [0, 0.05) is 12.4 Å². The summed E-state index contributed by atoms with van der Waals surface area (Å²) in [5.41, 5.74) is 5.96. The Kier molecular flexibility index (Phi) is 2.22. The third kappa shape index (κ3) is 1.53. The zero-order chi connectivity index (χ0) is 11.2. The first-order chi connectivity index (χ1) is 7.67. The van der Waals surface area contributed by atoms with Crippen LogP contribution in [0, 0.1) is 0 Å². The van der Waals surface area contributed by atoms with Crippen LogP contribution in [0.1, 0.15) is 31.5 Å². The molecule has 0 saturated heterocycles. The van der Waals surface area contributed by atoms with Crippen LogP contribution >= 0.6 is 15.9 Å². The molecule has 1 saturated carbocycles. The van der Waals surface area contributed by atoms with Gasteiger partial charge in [-0.05, 0) is 28.8 Å². The number of halogens is 1. The quantitative estimate of drug-likeness (QED) is 0.862. The van der Waals surface area contributed by atoms with E-state index in [2.05, 4.69) is 31.0 Å². The zero-order valence-corrected chi connectivity index (χ0v) is 10.3. The molecule has 2 N–H and O–H groups in total. The first-order valence-electron chi connectivity index (χ1n) is 5.35. The van der Waals surface area contributed by atoms with Gasteiger partial charge in [0.1, 0.15) is 0 Å². The van der Waals surface area contributed by atoms with Gasteiger partial charge in [-0.3, -0.25) is 0 Å². The van der Waals surface area contributed by atoms with Gasteiger partial charge in [-0.15, -0.1) is 5.10 Å². The van der Waals surface area contributed by atoms with Crippen molar-refractivity contribution in [3.63, 3.8) is 0 Å². The van der Waals surface area contributed by atoms with E-state index in [0.717, 1.165) is 36.0 Å². The summed E-state index contributed by atoms with van der Waals surface area (Å²) in [6.07, 6.45) is 7.80. The second-order valence-electron chi connectivity index (χ2n) is 4.32. The third-order valence-electron chi connectivity index (χ3n) is 3.10. The van der Waals surface area contributed by atoms with Gasteiger partial charge in [0.25, 0.3) is 5.78 Å². The lowest BCUT2D eigenvalue weighted by molar-refractivity contribution is 0.432. The maximum absolute atomic E-state index is 6.30. The monoisotopic (exact) mass is 281 g/mol. The van der Waals surface area contributed by atoms with Gasteiger partial charge >= 0.3 is 0 Å². The lowest BCUT2D eigenvalue weighted by Crippen LogP contribution is -2.34. The molecule has 1 fully saturated rings. The molecule has 84 valence electrons. The summed E-state index contributed by atoms with van der Waals surface area (Å²) in [5.74, 6) is 1.32. The van der Waals surface area contributed by atoms with Crippen LogP contribution in [-0.4, -0.2) is 19.6 Å². The van der Waals surface area contributed by atoms with Gasteiger partial charge in [-0.1, -0.05) is 12.8 Å². The fraction of sp³-hybridized carbons (Fsp3) is 0.500. The standard InChI is InChI=1S/C10H12BrN5/c11-7-5-13-9-14-8(15-16(9)6-7)10(12)3-1-2-4-10/h5-6H,1-4,12H2. The average molecular weight is 282 g/mol. The summed E-state index contributed by atoms with van der Waals surface area (Å²) in [7, 11) is 0. The van der Waals surface area contributed by atoms with Crippen molar-refractivity contribution in [3.05, 3.63) is 22.7 Å². The van der Waals surface area contributed by atoms with Crippen LogP contribution in [0.4, 0.5) is 0 Å². The summed E-state index contributed by atoms with van der Waals surface area (Å²) >= 11 is 3.36. The molecular formula is C10H12BrN5. The molecule has 0 unspecified atom stereocenters. The Morgan fingerprint density at radius 1 is 1.38 bits per heavy atom. The highest BCUT2D eigenvalue weighted by Crippen LogP contribution is 2.34. The highest BCUT2D eigenvalue weighted by atomic mass is 79.9. The molecule has 2 aromatic heterocycles. The highest BCUT2D eigenvalue weighted by Gasteiger charge is 2.35. The van der Waals surface area contributed by atoms with E-state index in [1.165, 1.54) is 0 Å². The Labute approximate surface area is 101 Å². The molecule has 0 bridgehead atoms. The smallest absolute Gasteiger partial charge is 0.252 e. The van der Waals surface area contributed by atoms with Crippen molar-refractivity contribution in [2.45, 2.75) is 31.2 Å². The summed E-state index contributed by atoms with van der Waals surface area (Å²) in [6.45, 7) is 0. The number of nitrogens with zero attached hydrogens (tertiary/aromatic N) is 4. The second-order valence-corrected chi connectivity index (χ2v) is 5.23. The number of rotatable bonds is 1. The molecular weight excluding hydrogens is 270 g/mol. The topological polar surface area (TPSA) is 69.1 Å². The van der Waals surface area contributed by atoms with E-state index >= 15 is 0 Å². The van der Waals surface area contributed by atoms with Crippen molar-refractivity contribution >= 4 is 21.7 Å². The lowest BCUT2D eigenvalue weighted by Gasteiger charge is -2.18. The van der Waals surface area contributed by atoms with E-state index in [9.17, 15) is 0 Å². The maximum atomic E-state index is 6.30. The molecule has 0 aromatic carbocycles. The molecule has 2 heterocycles. The van der Waals surface area contributed by atoms with Crippen LogP contribution in [0.3, 0.4) is 0 Å². The molecule has 1 aliphatic carbocycles. The Morgan fingerprint density at radius 2 is 2.12 bits per heavy atom. The minimum atomic E-state index is -0.347. The highest BCUT2D eigenvalue weighted by molar-refractivity contribution is 9.10. The molecule has 3 rings (SSSR count). The molecule has 6 heteroatoms. The molecule has 0 atom stereocenters. The summed E-state index contributed by atoms with van der Waals surface area (Å²) in [4.78, 5) is 8.59. The van der Waals surface area contributed by atoms with Crippen LogP contribution in [0.15, 0.2) is 16.9 Å². The molecule has 0 radical (unpaired) electrons. The minimum Gasteiger partial charge on any atom is -0.319 e. The van der Waals surface area contributed by atoms with Crippen molar-refractivity contribution < 1.29 is 0 Å². The van der Waals surface area contributed by atoms with Crippen LogP contribution in [0.25, 0.3) is 5.78 Å². The molecule has 1 aliphatic rings. The zero-order valence-electron chi connectivity index (χ0n) is 8.73. The van der Waals surface area contributed by atoms with Gasteiger partial charge in [-0.25, -0.2) is 9.50 Å². The van der Waals surface area contributed by atoms with Crippen LogP contribution in [-0.2, 0) is 5.54 Å². The predicted molar refractivity (Wildman–Crippen MR) is 62.8 cm³/mol. The lowest BCUT2D eigenvalue weighted by atomic mass is 9.99. The molecule has 2 aromatic rings. The molecule has 5 nitrogen and oxygen atoms in total. The van der Waals surface area contributed by atoms with Crippen molar-refractivity contribution in [2.75, 3.05) is 0 Å². The largest absolute Gasteiger partial charge is 0.319 e. The van der Waals surface area contributed by atoms with E-state index in [0.29, 0.717) is 5.78 Å². The Hall–Kier alpha value is -1.01. The molecule has 0 amide bonds. The predicted octanol–water partition coefficient (Wildman–Crippen LogP) is 1.61. The molecule has 0 spiro atoms. The van der Waals surface area contributed by atoms with Crippen LogP contribution < -0.4 is 5.73 Å². The van der Waals surface area contributed by atoms with Gasteiger partial charge < -0.3 is 5.73 Å². The van der Waals surface area contributed by atoms with E-state index in [1.54, 1.807) is 10.7 Å².